The number of fused-ring (bicyclic) bond motifs is 1. The number of likely N-dealkylation sites (tertiary alicyclic amines) is 1. The maximum Gasteiger partial charge on any atom is 0.336 e. The Balaban J connectivity index is 2.05. The fraction of sp³-hybridized carbons (Fsp3) is 0.471. The molecule has 2 heterocycles. The van der Waals surface area contributed by atoms with Gasteiger partial charge in [-0.15, -0.1) is 0 Å². The third-order valence-corrected chi connectivity index (χ3v) is 4.40. The van der Waals surface area contributed by atoms with Gasteiger partial charge in [-0.05, 0) is 50.6 Å². The van der Waals surface area contributed by atoms with Crippen LogP contribution in [0.5, 0.6) is 0 Å². The Morgan fingerprint density at radius 2 is 2.00 bits per heavy atom. The van der Waals surface area contributed by atoms with Gasteiger partial charge in [-0.3, -0.25) is 4.90 Å². The first-order chi connectivity index (χ1) is 10.2. The molecule has 1 N–H and O–H groups in total. The van der Waals surface area contributed by atoms with Crippen LogP contribution in [0.4, 0.5) is 0 Å². The number of piperidine rings is 1. The summed E-state index contributed by atoms with van der Waals surface area (Å²) in [5.41, 5.74) is 2.60. The van der Waals surface area contributed by atoms with Crippen LogP contribution in [-0.4, -0.2) is 33.6 Å². The number of hydrogen-bond acceptors (Lipinski definition) is 2. The highest BCUT2D eigenvalue weighted by Crippen LogP contribution is 2.27. The van der Waals surface area contributed by atoms with Gasteiger partial charge in [-0.2, -0.15) is 0 Å². The summed E-state index contributed by atoms with van der Waals surface area (Å²) in [5.74, 6) is -0.839. The highest BCUT2D eigenvalue weighted by atomic mass is 16.4. The largest absolute Gasteiger partial charge is 0.478 e. The van der Waals surface area contributed by atoms with E-state index >= 15 is 0 Å². The molecule has 21 heavy (non-hydrogen) atoms. The zero-order valence-electron chi connectivity index (χ0n) is 12.5. The van der Waals surface area contributed by atoms with E-state index in [1.165, 1.54) is 19.3 Å². The molecule has 1 fully saturated rings. The molecule has 4 nitrogen and oxygen atoms in total. The molecule has 0 amide bonds. The van der Waals surface area contributed by atoms with Gasteiger partial charge in [0.05, 0.1) is 5.56 Å². The lowest BCUT2D eigenvalue weighted by atomic mass is 10.0. The highest BCUT2D eigenvalue weighted by molar-refractivity contribution is 6.04. The molecule has 1 aromatic carbocycles. The summed E-state index contributed by atoms with van der Waals surface area (Å²) in [6.45, 7) is 6.05. The molecule has 1 aliphatic rings. The molecular formula is C17H22N2O2. The van der Waals surface area contributed by atoms with Crippen molar-refractivity contribution in [2.45, 2.75) is 39.3 Å². The van der Waals surface area contributed by atoms with Crippen LogP contribution in [-0.2, 0) is 13.1 Å². The van der Waals surface area contributed by atoms with Crippen molar-refractivity contribution >= 4 is 16.9 Å². The van der Waals surface area contributed by atoms with Crippen molar-refractivity contribution in [2.75, 3.05) is 13.1 Å². The number of benzene rings is 1. The lowest BCUT2D eigenvalue weighted by Gasteiger charge is -2.26. The van der Waals surface area contributed by atoms with E-state index in [0.29, 0.717) is 5.56 Å². The second kappa shape index (κ2) is 5.90. The minimum atomic E-state index is -0.839. The number of hydrogen-bond donors (Lipinski definition) is 1. The molecule has 4 heteroatoms. The number of carboxylic acid groups (broad SMARTS) is 1. The molecule has 1 aromatic heterocycles. The fourth-order valence-electron chi connectivity index (χ4n) is 3.36. The Morgan fingerprint density at radius 1 is 1.24 bits per heavy atom. The summed E-state index contributed by atoms with van der Waals surface area (Å²) in [6, 6.07) is 5.57. The number of rotatable bonds is 4. The molecule has 0 bridgehead atoms. The first-order valence-electron chi connectivity index (χ1n) is 7.77. The Bertz CT molecular complexity index is 654. The molecule has 0 unspecified atom stereocenters. The third kappa shape index (κ3) is 2.68. The summed E-state index contributed by atoms with van der Waals surface area (Å²) in [5, 5.41) is 10.4. The lowest BCUT2D eigenvalue weighted by molar-refractivity contribution is 0.0699. The van der Waals surface area contributed by atoms with Crippen molar-refractivity contribution in [3.05, 3.63) is 35.5 Å². The van der Waals surface area contributed by atoms with Gasteiger partial charge in [0.1, 0.15) is 0 Å². The Hall–Kier alpha value is -1.81. The summed E-state index contributed by atoms with van der Waals surface area (Å²) in [4.78, 5) is 14.0. The van der Waals surface area contributed by atoms with E-state index in [1.54, 1.807) is 6.07 Å². The van der Waals surface area contributed by atoms with Crippen LogP contribution in [0.15, 0.2) is 24.4 Å². The van der Waals surface area contributed by atoms with Gasteiger partial charge in [0.25, 0.3) is 0 Å². The number of carbonyl (C=O) groups is 1. The standard InChI is InChI=1S/C17H22N2O2/c1-2-19-12-13(11-18-9-4-3-5-10-18)16-14(17(20)21)7-6-8-15(16)19/h6-8,12H,2-5,9-11H2,1H3,(H,20,21). The summed E-state index contributed by atoms with van der Waals surface area (Å²) >= 11 is 0. The number of aromatic nitrogens is 1. The summed E-state index contributed by atoms with van der Waals surface area (Å²) in [6.07, 6.45) is 5.94. The second-order valence-electron chi connectivity index (χ2n) is 5.78. The van der Waals surface area contributed by atoms with E-state index in [0.717, 1.165) is 42.6 Å². The average molecular weight is 286 g/mol. The van der Waals surface area contributed by atoms with Gasteiger partial charge in [-0.25, -0.2) is 4.79 Å². The SMILES string of the molecule is CCn1cc(CN2CCCCC2)c2c(C(=O)O)cccc21. The van der Waals surface area contributed by atoms with E-state index in [4.69, 9.17) is 0 Å². The molecule has 3 rings (SSSR count). The quantitative estimate of drug-likeness (QED) is 0.937. The minimum absolute atomic E-state index is 0.423. The van der Waals surface area contributed by atoms with Crippen LogP contribution >= 0.6 is 0 Å². The predicted octanol–water partition coefficient (Wildman–Crippen LogP) is 3.35. The maximum absolute atomic E-state index is 11.5. The van der Waals surface area contributed by atoms with Crippen molar-refractivity contribution in [1.29, 1.82) is 0 Å². The molecule has 0 radical (unpaired) electrons. The van der Waals surface area contributed by atoms with Gasteiger partial charge in [0, 0.05) is 30.2 Å². The van der Waals surface area contributed by atoms with Gasteiger partial charge < -0.3 is 9.67 Å². The lowest BCUT2D eigenvalue weighted by Crippen LogP contribution is -2.29. The molecule has 0 spiro atoms. The third-order valence-electron chi connectivity index (χ3n) is 4.40. The predicted molar refractivity (Wildman–Crippen MR) is 83.7 cm³/mol. The summed E-state index contributed by atoms with van der Waals surface area (Å²) in [7, 11) is 0. The van der Waals surface area contributed by atoms with E-state index in [2.05, 4.69) is 22.6 Å². The van der Waals surface area contributed by atoms with Crippen molar-refractivity contribution in [3.63, 3.8) is 0 Å². The van der Waals surface area contributed by atoms with Crippen molar-refractivity contribution in [3.8, 4) is 0 Å². The monoisotopic (exact) mass is 286 g/mol. The zero-order chi connectivity index (χ0) is 14.8. The number of aryl methyl sites for hydroxylation is 1. The smallest absolute Gasteiger partial charge is 0.336 e. The second-order valence-corrected chi connectivity index (χ2v) is 5.78. The molecule has 0 saturated carbocycles. The zero-order valence-corrected chi connectivity index (χ0v) is 12.5. The van der Waals surface area contributed by atoms with Gasteiger partial charge in [0.2, 0.25) is 0 Å². The van der Waals surface area contributed by atoms with Gasteiger partial charge in [0.15, 0.2) is 0 Å². The molecule has 0 aliphatic carbocycles. The Morgan fingerprint density at radius 3 is 2.67 bits per heavy atom. The highest BCUT2D eigenvalue weighted by Gasteiger charge is 2.18. The van der Waals surface area contributed by atoms with Crippen molar-refractivity contribution < 1.29 is 9.90 Å². The van der Waals surface area contributed by atoms with Crippen molar-refractivity contribution in [1.82, 2.24) is 9.47 Å². The van der Waals surface area contributed by atoms with Crippen LogP contribution < -0.4 is 0 Å². The number of aromatic carboxylic acids is 1. The molecule has 1 saturated heterocycles. The molecule has 2 aromatic rings. The Kier molecular flexibility index (Phi) is 3.97. The number of carboxylic acids is 1. The van der Waals surface area contributed by atoms with E-state index < -0.39 is 5.97 Å². The fourth-order valence-corrected chi connectivity index (χ4v) is 3.36. The maximum atomic E-state index is 11.5. The van der Waals surface area contributed by atoms with E-state index in [-0.39, 0.29) is 0 Å². The van der Waals surface area contributed by atoms with Crippen LogP contribution in [0.25, 0.3) is 10.9 Å². The number of nitrogens with zero attached hydrogens (tertiary/aromatic N) is 2. The minimum Gasteiger partial charge on any atom is -0.478 e. The van der Waals surface area contributed by atoms with Crippen LogP contribution in [0.3, 0.4) is 0 Å². The van der Waals surface area contributed by atoms with Gasteiger partial charge >= 0.3 is 5.97 Å². The van der Waals surface area contributed by atoms with Gasteiger partial charge in [-0.1, -0.05) is 12.5 Å². The first kappa shape index (κ1) is 14.1. The average Bonchev–Trinajstić information content (AvgIpc) is 2.86. The van der Waals surface area contributed by atoms with Crippen LogP contribution in [0.1, 0.15) is 42.1 Å². The molecule has 0 atom stereocenters. The van der Waals surface area contributed by atoms with Crippen molar-refractivity contribution in [2.24, 2.45) is 0 Å². The molecule has 112 valence electrons. The molecular weight excluding hydrogens is 264 g/mol. The molecule has 1 aliphatic heterocycles. The summed E-state index contributed by atoms with van der Waals surface area (Å²) < 4.78 is 2.15. The van der Waals surface area contributed by atoms with Crippen LogP contribution in [0, 0.1) is 0 Å². The van der Waals surface area contributed by atoms with Crippen LogP contribution in [0.2, 0.25) is 0 Å². The normalized spacial score (nSPS) is 16.4. The first-order valence-corrected chi connectivity index (χ1v) is 7.77. The van der Waals surface area contributed by atoms with E-state index in [1.807, 2.05) is 12.1 Å². The Labute approximate surface area is 125 Å². The van der Waals surface area contributed by atoms with E-state index in [9.17, 15) is 9.90 Å². The topological polar surface area (TPSA) is 45.5 Å².